The second-order valence-electron chi connectivity index (χ2n) is 10.8. The number of halogens is 1. The number of hydrogen-bond acceptors (Lipinski definition) is 2. The average molecular weight is 421 g/mol. The minimum absolute atomic E-state index is 0.213. The lowest BCUT2D eigenvalue weighted by Gasteiger charge is -2.42. The molecule has 0 unspecified atom stereocenters. The van der Waals surface area contributed by atoms with E-state index in [1.54, 1.807) is 0 Å². The predicted molar refractivity (Wildman–Crippen MR) is 123 cm³/mol. The summed E-state index contributed by atoms with van der Waals surface area (Å²) in [5.41, 5.74) is 0. The van der Waals surface area contributed by atoms with Crippen LogP contribution in [0.5, 0.6) is 0 Å². The number of rotatable bonds is 10. The normalized spacial score (nSPS) is 16.5. The van der Waals surface area contributed by atoms with Crippen molar-refractivity contribution in [2.45, 2.75) is 123 Å². The number of allylic oxidation sites excluding steroid dienone is 1. The molecule has 0 radical (unpaired) electrons. The van der Waals surface area contributed by atoms with E-state index in [1.165, 1.54) is 0 Å². The van der Waals surface area contributed by atoms with E-state index in [2.05, 4.69) is 81.2 Å². The van der Waals surface area contributed by atoms with Crippen molar-refractivity contribution in [1.29, 1.82) is 0 Å². The van der Waals surface area contributed by atoms with E-state index in [0.29, 0.717) is 0 Å². The third kappa shape index (κ3) is 9.05. The highest BCUT2D eigenvalue weighted by atomic mass is 35.5. The lowest BCUT2D eigenvalue weighted by Crippen LogP contribution is -2.46. The predicted octanol–water partition coefficient (Wildman–Crippen LogP) is 8.10. The standard InChI is InChI=1S/C21H45ClO2Si2/c1-17(22)14-13-15-19(24-26(11,12)21(6,7)8)16-18(2)23-25(9,10)20(3,4)5/h18-19H,1,13-16H2,2-12H3/t18-,19-/m0/s1. The van der Waals surface area contributed by atoms with Gasteiger partial charge < -0.3 is 8.85 Å². The fourth-order valence-electron chi connectivity index (χ4n) is 2.44. The van der Waals surface area contributed by atoms with Crippen molar-refractivity contribution >= 4 is 28.2 Å². The van der Waals surface area contributed by atoms with E-state index in [4.69, 9.17) is 20.5 Å². The maximum absolute atomic E-state index is 6.76. The van der Waals surface area contributed by atoms with Gasteiger partial charge in [0.15, 0.2) is 16.6 Å². The minimum atomic E-state index is -1.81. The van der Waals surface area contributed by atoms with Crippen molar-refractivity contribution in [2.24, 2.45) is 0 Å². The van der Waals surface area contributed by atoms with E-state index in [1.807, 2.05) is 0 Å². The van der Waals surface area contributed by atoms with Gasteiger partial charge in [0.05, 0.1) is 0 Å². The van der Waals surface area contributed by atoms with E-state index < -0.39 is 16.6 Å². The zero-order chi connectivity index (χ0) is 21.0. The Bertz CT molecular complexity index is 448. The molecule has 2 atom stereocenters. The van der Waals surface area contributed by atoms with Gasteiger partial charge in [-0.2, -0.15) is 0 Å². The molecule has 0 bridgehead atoms. The first-order chi connectivity index (χ1) is 11.4. The van der Waals surface area contributed by atoms with Gasteiger partial charge in [-0.15, -0.1) is 0 Å². The maximum Gasteiger partial charge on any atom is 0.192 e. The molecule has 0 aromatic heterocycles. The van der Waals surface area contributed by atoms with Gasteiger partial charge in [0.1, 0.15) is 0 Å². The molecule has 5 heteroatoms. The van der Waals surface area contributed by atoms with Gasteiger partial charge in [0, 0.05) is 17.2 Å². The van der Waals surface area contributed by atoms with Gasteiger partial charge >= 0.3 is 0 Å². The molecule has 26 heavy (non-hydrogen) atoms. The van der Waals surface area contributed by atoms with Crippen LogP contribution in [0.1, 0.15) is 74.1 Å². The molecule has 0 N–H and O–H groups in total. The molecule has 0 heterocycles. The van der Waals surface area contributed by atoms with Crippen molar-refractivity contribution in [2.75, 3.05) is 0 Å². The Morgan fingerprint density at radius 3 is 1.73 bits per heavy atom. The van der Waals surface area contributed by atoms with Gasteiger partial charge in [0.25, 0.3) is 0 Å². The van der Waals surface area contributed by atoms with Gasteiger partial charge in [-0.25, -0.2) is 0 Å². The Labute approximate surface area is 171 Å². The Balaban J connectivity index is 5.08. The third-order valence-corrected chi connectivity index (χ3v) is 15.5. The minimum Gasteiger partial charge on any atom is -0.414 e. The van der Waals surface area contributed by atoms with Gasteiger partial charge in [-0.1, -0.05) is 59.7 Å². The highest BCUT2D eigenvalue weighted by molar-refractivity contribution is 6.74. The summed E-state index contributed by atoms with van der Waals surface area (Å²) in [6.45, 7) is 29.1. The quantitative estimate of drug-likeness (QED) is 0.332. The van der Waals surface area contributed by atoms with Crippen LogP contribution >= 0.6 is 11.6 Å². The summed E-state index contributed by atoms with van der Waals surface area (Å²) in [6.07, 6.45) is 4.29. The van der Waals surface area contributed by atoms with Crippen molar-refractivity contribution in [3.05, 3.63) is 11.6 Å². The Morgan fingerprint density at radius 1 is 0.923 bits per heavy atom. The Kier molecular flexibility index (Phi) is 9.87. The van der Waals surface area contributed by atoms with Crippen LogP contribution < -0.4 is 0 Å². The highest BCUT2D eigenvalue weighted by Gasteiger charge is 2.41. The summed E-state index contributed by atoms with van der Waals surface area (Å²) < 4.78 is 13.3. The van der Waals surface area contributed by atoms with Gasteiger partial charge in [-0.3, -0.25) is 0 Å². The van der Waals surface area contributed by atoms with E-state index in [0.717, 1.165) is 30.7 Å². The fraction of sp³-hybridized carbons (Fsp3) is 0.905. The molecule has 156 valence electrons. The largest absolute Gasteiger partial charge is 0.414 e. The molecule has 0 aromatic carbocycles. The average Bonchev–Trinajstić information content (AvgIpc) is 2.33. The van der Waals surface area contributed by atoms with Crippen LogP contribution in [0.2, 0.25) is 36.3 Å². The highest BCUT2D eigenvalue weighted by Crippen LogP contribution is 2.40. The van der Waals surface area contributed by atoms with Crippen LogP contribution in [-0.4, -0.2) is 28.8 Å². The first-order valence-corrected chi connectivity index (χ1v) is 16.3. The topological polar surface area (TPSA) is 18.5 Å². The summed E-state index contributed by atoms with van der Waals surface area (Å²) in [7, 11) is -3.57. The molecular weight excluding hydrogens is 376 g/mol. The molecule has 0 fully saturated rings. The van der Waals surface area contributed by atoms with E-state index in [9.17, 15) is 0 Å². The molecule has 0 aliphatic rings. The van der Waals surface area contributed by atoms with E-state index in [-0.39, 0.29) is 22.3 Å². The molecule has 0 aliphatic heterocycles. The summed E-state index contributed by atoms with van der Waals surface area (Å²) in [6, 6.07) is 0. The van der Waals surface area contributed by atoms with Crippen molar-refractivity contribution in [3.63, 3.8) is 0 Å². The third-order valence-electron chi connectivity index (χ3n) is 6.14. The maximum atomic E-state index is 6.76. The Hall–Kier alpha value is 0.384. The van der Waals surface area contributed by atoms with Crippen LogP contribution in [0.15, 0.2) is 11.6 Å². The lowest BCUT2D eigenvalue weighted by atomic mass is 10.1. The second-order valence-corrected chi connectivity index (χ2v) is 20.9. The zero-order valence-electron chi connectivity index (χ0n) is 19.4. The molecule has 0 rings (SSSR count). The monoisotopic (exact) mass is 420 g/mol. The van der Waals surface area contributed by atoms with Crippen molar-refractivity contribution in [1.82, 2.24) is 0 Å². The second kappa shape index (κ2) is 9.73. The van der Waals surface area contributed by atoms with Gasteiger partial charge in [-0.05, 0) is 68.9 Å². The van der Waals surface area contributed by atoms with Crippen LogP contribution in [0.3, 0.4) is 0 Å². The molecular formula is C21H45ClO2Si2. The Morgan fingerprint density at radius 2 is 1.35 bits per heavy atom. The van der Waals surface area contributed by atoms with Crippen LogP contribution in [0.25, 0.3) is 0 Å². The fourth-order valence-corrected chi connectivity index (χ4v) is 5.43. The number of hydrogen-bond donors (Lipinski definition) is 0. The van der Waals surface area contributed by atoms with Crippen LogP contribution in [0, 0.1) is 0 Å². The molecule has 2 nitrogen and oxygen atoms in total. The SMILES string of the molecule is C=C(Cl)CCC[C@@H](C[C@H](C)O[Si](C)(C)C(C)(C)C)O[Si](C)(C)C(C)(C)C. The smallest absolute Gasteiger partial charge is 0.192 e. The summed E-state index contributed by atoms with van der Waals surface area (Å²) >= 11 is 5.96. The summed E-state index contributed by atoms with van der Waals surface area (Å²) in [4.78, 5) is 0. The molecule has 0 saturated heterocycles. The molecule has 0 saturated carbocycles. The summed E-state index contributed by atoms with van der Waals surface area (Å²) in [5, 5.41) is 1.18. The zero-order valence-corrected chi connectivity index (χ0v) is 22.1. The van der Waals surface area contributed by atoms with Crippen LogP contribution in [-0.2, 0) is 8.85 Å². The first kappa shape index (κ1) is 26.4. The lowest BCUT2D eigenvalue weighted by molar-refractivity contribution is 0.0948. The summed E-state index contributed by atoms with van der Waals surface area (Å²) in [5.74, 6) is 0. The van der Waals surface area contributed by atoms with E-state index >= 15 is 0 Å². The molecule has 0 spiro atoms. The molecule has 0 aliphatic carbocycles. The molecule has 0 amide bonds. The van der Waals surface area contributed by atoms with Gasteiger partial charge in [0.2, 0.25) is 0 Å². The van der Waals surface area contributed by atoms with Crippen molar-refractivity contribution < 1.29 is 8.85 Å². The first-order valence-electron chi connectivity index (χ1n) is 10.1. The van der Waals surface area contributed by atoms with Crippen LogP contribution in [0.4, 0.5) is 0 Å². The van der Waals surface area contributed by atoms with Crippen molar-refractivity contribution in [3.8, 4) is 0 Å². The molecule has 0 aromatic rings.